The molecule has 0 saturated heterocycles. The van der Waals surface area contributed by atoms with Crippen molar-refractivity contribution in [2.45, 2.75) is 39.7 Å². The van der Waals surface area contributed by atoms with Gasteiger partial charge in [0.05, 0.1) is 5.01 Å². The van der Waals surface area contributed by atoms with E-state index in [0.717, 1.165) is 18.0 Å². The van der Waals surface area contributed by atoms with E-state index < -0.39 is 0 Å². The first-order valence-corrected chi connectivity index (χ1v) is 7.98. The third-order valence-electron chi connectivity index (χ3n) is 2.62. The minimum Gasteiger partial charge on any atom is -0.356 e. The van der Waals surface area contributed by atoms with Crippen molar-refractivity contribution in [3.8, 4) is 0 Å². The third kappa shape index (κ3) is 9.19. The fourth-order valence-corrected chi connectivity index (χ4v) is 2.50. The average molecular weight is 439 g/mol. The molecule has 0 fully saturated rings. The molecular formula is C14H26IN5OS. The highest BCUT2D eigenvalue weighted by molar-refractivity contribution is 14.0. The number of amides is 1. The Labute approximate surface area is 153 Å². The van der Waals surface area contributed by atoms with Gasteiger partial charge in [-0.25, -0.2) is 4.98 Å². The number of halogens is 1. The van der Waals surface area contributed by atoms with Gasteiger partial charge in [-0.05, 0) is 20.8 Å². The Balaban J connectivity index is 0.00000441. The van der Waals surface area contributed by atoms with Crippen LogP contribution in [0.1, 0.15) is 30.2 Å². The number of hydrogen-bond donors (Lipinski definition) is 3. The Morgan fingerprint density at radius 1 is 1.36 bits per heavy atom. The molecule has 8 heteroatoms. The van der Waals surface area contributed by atoms with Gasteiger partial charge in [0.25, 0.3) is 0 Å². The lowest BCUT2D eigenvalue weighted by Crippen LogP contribution is -2.40. The number of hydrogen-bond acceptors (Lipinski definition) is 4. The van der Waals surface area contributed by atoms with Crippen LogP contribution in [-0.2, 0) is 11.2 Å². The first kappa shape index (κ1) is 21.1. The van der Waals surface area contributed by atoms with Crippen molar-refractivity contribution in [3.63, 3.8) is 0 Å². The molecule has 3 N–H and O–H groups in total. The van der Waals surface area contributed by atoms with Crippen molar-refractivity contribution >= 4 is 47.2 Å². The lowest BCUT2D eigenvalue weighted by Gasteiger charge is -2.12. The highest BCUT2D eigenvalue weighted by atomic mass is 127. The predicted molar refractivity (Wildman–Crippen MR) is 103 cm³/mol. The number of aryl methyl sites for hydroxylation is 1. The summed E-state index contributed by atoms with van der Waals surface area (Å²) in [6, 6.07) is 0.177. The number of thiazole rings is 1. The van der Waals surface area contributed by atoms with Crippen molar-refractivity contribution in [2.75, 3.05) is 20.1 Å². The number of aromatic nitrogens is 1. The molecule has 0 unspecified atom stereocenters. The van der Waals surface area contributed by atoms with E-state index in [2.05, 4.69) is 32.9 Å². The van der Waals surface area contributed by atoms with E-state index in [-0.39, 0.29) is 35.9 Å². The third-order valence-corrected chi connectivity index (χ3v) is 3.59. The normalized spacial score (nSPS) is 11.0. The first-order valence-electron chi connectivity index (χ1n) is 7.16. The largest absolute Gasteiger partial charge is 0.356 e. The van der Waals surface area contributed by atoms with Crippen LogP contribution in [0.25, 0.3) is 0 Å². The Hall–Kier alpha value is -0.900. The molecule has 0 aliphatic carbocycles. The number of nitrogens with one attached hydrogen (secondary N) is 3. The van der Waals surface area contributed by atoms with Gasteiger partial charge in [-0.1, -0.05) is 0 Å². The summed E-state index contributed by atoms with van der Waals surface area (Å²) in [5.41, 5.74) is 0. The van der Waals surface area contributed by atoms with Crippen molar-refractivity contribution in [1.82, 2.24) is 20.9 Å². The van der Waals surface area contributed by atoms with E-state index in [4.69, 9.17) is 0 Å². The second-order valence-electron chi connectivity index (χ2n) is 5.01. The van der Waals surface area contributed by atoms with Crippen molar-refractivity contribution in [1.29, 1.82) is 0 Å². The second-order valence-corrected chi connectivity index (χ2v) is 6.33. The fourth-order valence-electron chi connectivity index (χ4n) is 1.71. The SMILES string of the molecule is CN=C(NCCC(=O)NC(C)C)NCCc1ncc(C)s1.I. The Morgan fingerprint density at radius 3 is 2.59 bits per heavy atom. The van der Waals surface area contributed by atoms with Crippen LogP contribution in [-0.4, -0.2) is 43.0 Å². The van der Waals surface area contributed by atoms with Crippen LogP contribution in [0.4, 0.5) is 0 Å². The van der Waals surface area contributed by atoms with Gasteiger partial charge in [0.2, 0.25) is 5.91 Å². The van der Waals surface area contributed by atoms with Gasteiger partial charge >= 0.3 is 0 Å². The van der Waals surface area contributed by atoms with Crippen LogP contribution in [0.3, 0.4) is 0 Å². The highest BCUT2D eigenvalue weighted by Crippen LogP contribution is 2.10. The number of guanidine groups is 1. The summed E-state index contributed by atoms with van der Waals surface area (Å²) in [6.45, 7) is 7.29. The van der Waals surface area contributed by atoms with E-state index in [1.807, 2.05) is 20.0 Å². The number of carbonyl (C=O) groups is 1. The van der Waals surface area contributed by atoms with Gasteiger partial charge in [-0.2, -0.15) is 0 Å². The minimum atomic E-state index is 0. The molecule has 1 aromatic heterocycles. The molecule has 1 aromatic rings. The molecule has 0 radical (unpaired) electrons. The summed E-state index contributed by atoms with van der Waals surface area (Å²) < 4.78 is 0. The molecule has 0 aliphatic rings. The maximum atomic E-state index is 11.5. The van der Waals surface area contributed by atoms with E-state index in [9.17, 15) is 4.79 Å². The standard InChI is InChI=1S/C14H25N5OS.HI/c1-10(2)19-12(20)5-7-16-14(15-4)17-8-6-13-18-9-11(3)21-13;/h9-10H,5-8H2,1-4H3,(H,19,20)(H2,15,16,17);1H. The molecule has 1 amide bonds. The topological polar surface area (TPSA) is 78.4 Å². The quantitative estimate of drug-likeness (QED) is 0.343. The predicted octanol–water partition coefficient (Wildman–Crippen LogP) is 1.69. The Morgan fingerprint density at radius 2 is 2.05 bits per heavy atom. The lowest BCUT2D eigenvalue weighted by molar-refractivity contribution is -0.121. The van der Waals surface area contributed by atoms with Crippen LogP contribution in [0.2, 0.25) is 0 Å². The van der Waals surface area contributed by atoms with E-state index in [1.54, 1.807) is 18.4 Å². The zero-order valence-corrected chi connectivity index (χ0v) is 16.7. The Kier molecular flexibility index (Phi) is 11.2. The summed E-state index contributed by atoms with van der Waals surface area (Å²) in [4.78, 5) is 21.2. The van der Waals surface area contributed by atoms with E-state index >= 15 is 0 Å². The molecule has 0 aromatic carbocycles. The number of carbonyl (C=O) groups excluding carboxylic acids is 1. The maximum absolute atomic E-state index is 11.5. The van der Waals surface area contributed by atoms with Gasteiger partial charge in [0.1, 0.15) is 0 Å². The smallest absolute Gasteiger partial charge is 0.221 e. The van der Waals surface area contributed by atoms with Gasteiger partial charge in [0, 0.05) is 50.1 Å². The van der Waals surface area contributed by atoms with E-state index in [0.29, 0.717) is 18.9 Å². The van der Waals surface area contributed by atoms with Crippen LogP contribution in [0.15, 0.2) is 11.2 Å². The molecule has 0 aliphatic heterocycles. The zero-order valence-electron chi connectivity index (χ0n) is 13.6. The molecule has 0 spiro atoms. The molecule has 126 valence electrons. The van der Waals surface area contributed by atoms with Crippen LogP contribution < -0.4 is 16.0 Å². The molecule has 1 heterocycles. The highest BCUT2D eigenvalue weighted by Gasteiger charge is 2.04. The van der Waals surface area contributed by atoms with E-state index in [1.165, 1.54) is 4.88 Å². The number of aliphatic imine (C=N–C) groups is 1. The van der Waals surface area contributed by atoms with Gasteiger partial charge in [0.15, 0.2) is 5.96 Å². The molecule has 0 saturated carbocycles. The minimum absolute atomic E-state index is 0. The number of rotatable bonds is 7. The number of nitrogens with zero attached hydrogens (tertiary/aromatic N) is 2. The molecule has 0 bridgehead atoms. The molecule has 1 rings (SSSR count). The maximum Gasteiger partial charge on any atom is 0.221 e. The fraction of sp³-hybridized carbons (Fsp3) is 0.643. The van der Waals surface area contributed by atoms with Gasteiger partial charge in [-0.15, -0.1) is 35.3 Å². The average Bonchev–Trinajstić information content (AvgIpc) is 2.82. The van der Waals surface area contributed by atoms with Crippen molar-refractivity contribution < 1.29 is 4.79 Å². The zero-order chi connectivity index (χ0) is 15.7. The summed E-state index contributed by atoms with van der Waals surface area (Å²) in [6.07, 6.45) is 3.19. The van der Waals surface area contributed by atoms with Crippen molar-refractivity contribution in [3.05, 3.63) is 16.1 Å². The summed E-state index contributed by atoms with van der Waals surface area (Å²) in [5.74, 6) is 0.756. The van der Waals surface area contributed by atoms with Gasteiger partial charge in [-0.3, -0.25) is 9.79 Å². The van der Waals surface area contributed by atoms with Gasteiger partial charge < -0.3 is 16.0 Å². The first-order chi connectivity index (χ1) is 10.0. The summed E-state index contributed by atoms with van der Waals surface area (Å²) in [5, 5.41) is 10.3. The molecular weight excluding hydrogens is 413 g/mol. The summed E-state index contributed by atoms with van der Waals surface area (Å²) in [7, 11) is 1.72. The second kappa shape index (κ2) is 11.6. The van der Waals surface area contributed by atoms with Crippen molar-refractivity contribution in [2.24, 2.45) is 4.99 Å². The van der Waals surface area contributed by atoms with Crippen LogP contribution in [0.5, 0.6) is 0 Å². The molecule has 6 nitrogen and oxygen atoms in total. The monoisotopic (exact) mass is 439 g/mol. The summed E-state index contributed by atoms with van der Waals surface area (Å²) >= 11 is 1.71. The molecule has 0 atom stereocenters. The van der Waals surface area contributed by atoms with Crippen LogP contribution >= 0.6 is 35.3 Å². The lowest BCUT2D eigenvalue weighted by atomic mass is 10.3. The Bertz CT molecular complexity index is 476. The molecule has 22 heavy (non-hydrogen) atoms. The van der Waals surface area contributed by atoms with Crippen LogP contribution in [0, 0.1) is 6.92 Å².